The second-order valence-electron chi connectivity index (χ2n) is 4.83. The highest BCUT2D eigenvalue weighted by Gasteiger charge is 2.10. The van der Waals surface area contributed by atoms with Crippen LogP contribution >= 0.6 is 0 Å². The Bertz CT molecular complexity index is 700. The Morgan fingerprint density at radius 1 is 1.11 bits per heavy atom. The van der Waals surface area contributed by atoms with Gasteiger partial charge in [-0.05, 0) is 31.8 Å². The van der Waals surface area contributed by atoms with Crippen LogP contribution in [0.3, 0.4) is 0 Å². The predicted octanol–water partition coefficient (Wildman–Crippen LogP) is 2.46. The third-order valence-electron chi connectivity index (χ3n) is 3.06. The Hall–Kier alpha value is -2.20. The van der Waals surface area contributed by atoms with Crippen molar-refractivity contribution < 1.29 is 0 Å². The molecule has 0 N–H and O–H groups in total. The first-order valence-electron chi connectivity index (χ1n) is 6.27. The zero-order valence-electron chi connectivity index (χ0n) is 11.1. The van der Waals surface area contributed by atoms with E-state index in [1.807, 2.05) is 22.8 Å². The summed E-state index contributed by atoms with van der Waals surface area (Å²) in [6.07, 6.45) is 3.67. The highest BCUT2D eigenvalue weighted by atomic mass is 15.2. The lowest BCUT2D eigenvalue weighted by atomic mass is 10.0. The monoisotopic (exact) mass is 252 g/mol. The van der Waals surface area contributed by atoms with E-state index in [0.717, 1.165) is 17.9 Å². The molecule has 0 fully saturated rings. The van der Waals surface area contributed by atoms with Gasteiger partial charge in [0.25, 0.3) is 0 Å². The van der Waals surface area contributed by atoms with Gasteiger partial charge in [-0.15, -0.1) is 0 Å². The molecule has 0 aliphatic carbocycles. The van der Waals surface area contributed by atoms with Crippen LogP contribution in [-0.4, -0.2) is 33.6 Å². The standard InChI is InChI=1S/C15H16N4/c1-18(2)11-12-6-3-4-7-13(12)14-10-16-15-8-5-9-17-19(14)15/h3-10H,11H2,1-2H3. The van der Waals surface area contributed by atoms with Crippen LogP contribution in [0.25, 0.3) is 16.9 Å². The number of fused-ring (bicyclic) bond motifs is 1. The average Bonchev–Trinajstić information content (AvgIpc) is 2.82. The van der Waals surface area contributed by atoms with Gasteiger partial charge >= 0.3 is 0 Å². The first-order valence-corrected chi connectivity index (χ1v) is 6.27. The van der Waals surface area contributed by atoms with Crippen molar-refractivity contribution in [3.63, 3.8) is 0 Å². The summed E-state index contributed by atoms with van der Waals surface area (Å²) in [4.78, 5) is 6.56. The van der Waals surface area contributed by atoms with Crippen molar-refractivity contribution >= 4 is 5.65 Å². The number of aromatic nitrogens is 3. The fraction of sp³-hybridized carbons (Fsp3) is 0.200. The molecule has 0 aliphatic rings. The van der Waals surface area contributed by atoms with Crippen molar-refractivity contribution in [2.75, 3.05) is 14.1 Å². The predicted molar refractivity (Wildman–Crippen MR) is 75.8 cm³/mol. The van der Waals surface area contributed by atoms with E-state index in [2.05, 4.69) is 53.3 Å². The van der Waals surface area contributed by atoms with Gasteiger partial charge < -0.3 is 4.90 Å². The molecule has 2 heterocycles. The van der Waals surface area contributed by atoms with Gasteiger partial charge in [-0.1, -0.05) is 24.3 Å². The lowest BCUT2D eigenvalue weighted by molar-refractivity contribution is 0.403. The Labute approximate surface area is 112 Å². The van der Waals surface area contributed by atoms with Crippen molar-refractivity contribution in [1.82, 2.24) is 19.5 Å². The number of benzene rings is 1. The van der Waals surface area contributed by atoms with E-state index in [1.54, 1.807) is 6.20 Å². The van der Waals surface area contributed by atoms with Gasteiger partial charge in [0.15, 0.2) is 5.65 Å². The van der Waals surface area contributed by atoms with Crippen molar-refractivity contribution in [3.05, 3.63) is 54.4 Å². The molecular weight excluding hydrogens is 236 g/mol. The second-order valence-corrected chi connectivity index (χ2v) is 4.83. The van der Waals surface area contributed by atoms with Crippen LogP contribution < -0.4 is 0 Å². The van der Waals surface area contributed by atoms with Gasteiger partial charge in [0.2, 0.25) is 0 Å². The molecule has 0 amide bonds. The van der Waals surface area contributed by atoms with E-state index in [0.29, 0.717) is 0 Å². The fourth-order valence-electron chi connectivity index (χ4n) is 2.26. The molecular formula is C15H16N4. The van der Waals surface area contributed by atoms with Crippen LogP contribution in [0, 0.1) is 0 Å². The number of rotatable bonds is 3. The molecule has 4 heteroatoms. The number of nitrogens with zero attached hydrogens (tertiary/aromatic N) is 4. The lowest BCUT2D eigenvalue weighted by Crippen LogP contribution is -2.11. The lowest BCUT2D eigenvalue weighted by Gasteiger charge is -2.13. The summed E-state index contributed by atoms with van der Waals surface area (Å²) in [6.45, 7) is 0.899. The van der Waals surface area contributed by atoms with Crippen molar-refractivity contribution in [3.8, 4) is 11.3 Å². The molecule has 0 saturated carbocycles. The van der Waals surface area contributed by atoms with Crippen LogP contribution in [0.1, 0.15) is 5.56 Å². The quantitative estimate of drug-likeness (QED) is 0.718. The van der Waals surface area contributed by atoms with E-state index < -0.39 is 0 Å². The van der Waals surface area contributed by atoms with Crippen molar-refractivity contribution in [2.24, 2.45) is 0 Å². The van der Waals surface area contributed by atoms with Gasteiger partial charge in [0.05, 0.1) is 11.9 Å². The van der Waals surface area contributed by atoms with Crippen LogP contribution in [-0.2, 0) is 6.54 Å². The Kier molecular flexibility index (Phi) is 3.01. The first kappa shape index (κ1) is 11.9. The first-order chi connectivity index (χ1) is 9.25. The summed E-state index contributed by atoms with van der Waals surface area (Å²) in [5.74, 6) is 0. The minimum Gasteiger partial charge on any atom is -0.305 e. The Morgan fingerprint density at radius 3 is 2.79 bits per heavy atom. The molecule has 0 saturated heterocycles. The van der Waals surface area contributed by atoms with Gasteiger partial charge in [-0.3, -0.25) is 0 Å². The Balaban J connectivity index is 2.16. The van der Waals surface area contributed by atoms with E-state index in [4.69, 9.17) is 0 Å². The largest absolute Gasteiger partial charge is 0.305 e. The molecule has 19 heavy (non-hydrogen) atoms. The summed E-state index contributed by atoms with van der Waals surface area (Å²) < 4.78 is 1.88. The summed E-state index contributed by atoms with van der Waals surface area (Å²) >= 11 is 0. The fourth-order valence-corrected chi connectivity index (χ4v) is 2.26. The van der Waals surface area contributed by atoms with Crippen LogP contribution in [0.15, 0.2) is 48.8 Å². The van der Waals surface area contributed by atoms with E-state index in [1.165, 1.54) is 11.1 Å². The molecule has 0 atom stereocenters. The molecule has 1 aromatic carbocycles. The maximum atomic E-state index is 4.40. The Morgan fingerprint density at radius 2 is 1.95 bits per heavy atom. The second kappa shape index (κ2) is 4.82. The normalized spacial score (nSPS) is 11.3. The summed E-state index contributed by atoms with van der Waals surface area (Å²) in [6, 6.07) is 12.3. The molecule has 4 nitrogen and oxygen atoms in total. The third-order valence-corrected chi connectivity index (χ3v) is 3.06. The van der Waals surface area contributed by atoms with E-state index in [9.17, 15) is 0 Å². The highest BCUT2D eigenvalue weighted by Crippen LogP contribution is 2.24. The van der Waals surface area contributed by atoms with Crippen LogP contribution in [0.5, 0.6) is 0 Å². The minimum atomic E-state index is 0.872. The zero-order valence-corrected chi connectivity index (χ0v) is 11.1. The molecule has 0 unspecified atom stereocenters. The molecule has 2 aromatic heterocycles. The summed E-state index contributed by atoms with van der Waals surface area (Å²) in [5.41, 5.74) is 4.37. The third kappa shape index (κ3) is 2.22. The van der Waals surface area contributed by atoms with Crippen molar-refractivity contribution in [1.29, 1.82) is 0 Å². The molecule has 0 spiro atoms. The molecule has 96 valence electrons. The van der Waals surface area contributed by atoms with E-state index >= 15 is 0 Å². The SMILES string of the molecule is CN(C)Cc1ccccc1-c1cnc2cccnn12. The minimum absolute atomic E-state index is 0.872. The summed E-state index contributed by atoms with van der Waals surface area (Å²) in [7, 11) is 4.15. The van der Waals surface area contributed by atoms with Crippen LogP contribution in [0.4, 0.5) is 0 Å². The van der Waals surface area contributed by atoms with Gasteiger partial charge in [-0.2, -0.15) is 5.10 Å². The topological polar surface area (TPSA) is 33.4 Å². The summed E-state index contributed by atoms with van der Waals surface area (Å²) in [5, 5.41) is 4.38. The van der Waals surface area contributed by atoms with Gasteiger partial charge in [-0.25, -0.2) is 9.50 Å². The number of hydrogen-bond donors (Lipinski definition) is 0. The highest BCUT2D eigenvalue weighted by molar-refractivity contribution is 5.66. The zero-order chi connectivity index (χ0) is 13.2. The number of hydrogen-bond acceptors (Lipinski definition) is 3. The maximum Gasteiger partial charge on any atom is 0.154 e. The smallest absolute Gasteiger partial charge is 0.154 e. The molecule has 3 rings (SSSR count). The average molecular weight is 252 g/mol. The van der Waals surface area contributed by atoms with E-state index in [-0.39, 0.29) is 0 Å². The number of imidazole rings is 1. The van der Waals surface area contributed by atoms with Gasteiger partial charge in [0, 0.05) is 18.3 Å². The van der Waals surface area contributed by atoms with Crippen LogP contribution in [0.2, 0.25) is 0 Å². The van der Waals surface area contributed by atoms with Crippen molar-refractivity contribution in [2.45, 2.75) is 6.54 Å². The molecule has 3 aromatic rings. The maximum absolute atomic E-state index is 4.40. The molecule has 0 aliphatic heterocycles. The molecule has 0 radical (unpaired) electrons. The van der Waals surface area contributed by atoms with Gasteiger partial charge in [0.1, 0.15) is 0 Å². The molecule has 0 bridgehead atoms.